The van der Waals surface area contributed by atoms with E-state index < -0.39 is 0 Å². The molecule has 0 radical (unpaired) electrons. The third kappa shape index (κ3) is 2.00. The van der Waals surface area contributed by atoms with Gasteiger partial charge >= 0.3 is 0 Å². The summed E-state index contributed by atoms with van der Waals surface area (Å²) >= 11 is 0. The highest BCUT2D eigenvalue weighted by molar-refractivity contribution is 5.79. The number of hydrogen-bond acceptors (Lipinski definition) is 2. The van der Waals surface area contributed by atoms with Gasteiger partial charge in [-0.2, -0.15) is 0 Å². The maximum absolute atomic E-state index is 11.2. The first-order valence-corrected chi connectivity index (χ1v) is 6.00. The summed E-state index contributed by atoms with van der Waals surface area (Å²) in [6.45, 7) is 0. The summed E-state index contributed by atoms with van der Waals surface area (Å²) in [4.78, 5) is 11.2. The molecule has 0 heterocycles. The van der Waals surface area contributed by atoms with Crippen LogP contribution in [0.4, 0.5) is 0 Å². The van der Waals surface area contributed by atoms with Crippen molar-refractivity contribution >= 4 is 5.78 Å². The van der Waals surface area contributed by atoms with Crippen LogP contribution in [0.3, 0.4) is 0 Å². The second-order valence-electron chi connectivity index (χ2n) is 4.88. The van der Waals surface area contributed by atoms with E-state index in [0.29, 0.717) is 11.8 Å². The molecule has 0 aliphatic heterocycles. The zero-order valence-corrected chi connectivity index (χ0v) is 9.09. The molecule has 14 heavy (non-hydrogen) atoms. The van der Waals surface area contributed by atoms with Crippen molar-refractivity contribution in [2.75, 3.05) is 7.05 Å². The molecule has 1 atom stereocenters. The summed E-state index contributed by atoms with van der Waals surface area (Å²) < 4.78 is 0. The molecule has 0 aromatic heterocycles. The monoisotopic (exact) mass is 195 g/mol. The Kier molecular flexibility index (Phi) is 3.22. The van der Waals surface area contributed by atoms with Crippen LogP contribution in [0, 0.1) is 11.8 Å². The summed E-state index contributed by atoms with van der Waals surface area (Å²) in [6.07, 6.45) is 8.12. The Bertz CT molecular complexity index is 200. The molecule has 0 saturated heterocycles. The summed E-state index contributed by atoms with van der Waals surface area (Å²) in [5, 5.41) is 3.48. The predicted molar refractivity (Wildman–Crippen MR) is 57.2 cm³/mol. The molecule has 2 aliphatic rings. The molecular weight excluding hydrogens is 174 g/mol. The van der Waals surface area contributed by atoms with E-state index in [1.807, 2.05) is 0 Å². The summed E-state index contributed by atoms with van der Waals surface area (Å²) in [7, 11) is 2.08. The lowest BCUT2D eigenvalue weighted by Gasteiger charge is -2.39. The van der Waals surface area contributed by atoms with Crippen molar-refractivity contribution in [2.24, 2.45) is 11.8 Å². The van der Waals surface area contributed by atoms with E-state index in [1.54, 1.807) is 0 Å². The van der Waals surface area contributed by atoms with Gasteiger partial charge in [0.1, 0.15) is 5.78 Å². The first-order valence-electron chi connectivity index (χ1n) is 6.00. The molecule has 2 aliphatic carbocycles. The molecule has 0 aromatic rings. The van der Waals surface area contributed by atoms with Gasteiger partial charge in [0.25, 0.3) is 0 Å². The van der Waals surface area contributed by atoms with Crippen molar-refractivity contribution in [1.82, 2.24) is 5.32 Å². The van der Waals surface area contributed by atoms with Crippen LogP contribution in [0.15, 0.2) is 0 Å². The molecule has 0 bridgehead atoms. The Morgan fingerprint density at radius 2 is 1.71 bits per heavy atom. The van der Waals surface area contributed by atoms with Crippen LogP contribution in [0.1, 0.15) is 44.9 Å². The fourth-order valence-corrected chi connectivity index (χ4v) is 2.98. The van der Waals surface area contributed by atoms with Crippen molar-refractivity contribution < 1.29 is 4.79 Å². The molecular formula is C12H21NO. The van der Waals surface area contributed by atoms with E-state index in [2.05, 4.69) is 12.4 Å². The number of hydrogen-bond donors (Lipinski definition) is 1. The summed E-state index contributed by atoms with van der Waals surface area (Å²) in [5.74, 6) is 2.14. The second-order valence-corrected chi connectivity index (χ2v) is 4.88. The molecule has 0 amide bonds. The van der Waals surface area contributed by atoms with Crippen LogP contribution >= 0.6 is 0 Å². The smallest absolute Gasteiger partial charge is 0.132 e. The maximum Gasteiger partial charge on any atom is 0.132 e. The minimum Gasteiger partial charge on any atom is -0.316 e. The molecule has 0 spiro atoms. The van der Waals surface area contributed by atoms with E-state index >= 15 is 0 Å². The van der Waals surface area contributed by atoms with Crippen LogP contribution in [0.25, 0.3) is 0 Å². The van der Waals surface area contributed by atoms with Gasteiger partial charge in [0, 0.05) is 18.9 Å². The Morgan fingerprint density at radius 1 is 1.14 bits per heavy atom. The molecule has 2 heteroatoms. The van der Waals surface area contributed by atoms with E-state index in [4.69, 9.17) is 0 Å². The van der Waals surface area contributed by atoms with Gasteiger partial charge in [-0.3, -0.25) is 4.79 Å². The van der Waals surface area contributed by atoms with E-state index in [9.17, 15) is 4.79 Å². The SMILES string of the molecule is CNC(C1CCC1)C1CCC(=O)CC1. The quantitative estimate of drug-likeness (QED) is 0.747. The molecule has 1 N–H and O–H groups in total. The lowest BCUT2D eigenvalue weighted by molar-refractivity contribution is -0.121. The summed E-state index contributed by atoms with van der Waals surface area (Å²) in [5.41, 5.74) is 0. The predicted octanol–water partition coefficient (Wildman–Crippen LogP) is 2.13. The van der Waals surface area contributed by atoms with Gasteiger partial charge in [-0.05, 0) is 44.6 Å². The molecule has 1 unspecified atom stereocenters. The first-order chi connectivity index (χ1) is 6.81. The Labute approximate surface area is 86.5 Å². The highest BCUT2D eigenvalue weighted by Gasteiger charge is 2.33. The van der Waals surface area contributed by atoms with Crippen molar-refractivity contribution in [3.8, 4) is 0 Å². The average Bonchev–Trinajstić information content (AvgIpc) is 2.13. The molecule has 2 saturated carbocycles. The highest BCUT2D eigenvalue weighted by Crippen LogP contribution is 2.36. The van der Waals surface area contributed by atoms with Gasteiger partial charge in [-0.25, -0.2) is 0 Å². The van der Waals surface area contributed by atoms with Gasteiger partial charge in [0.15, 0.2) is 0 Å². The van der Waals surface area contributed by atoms with Crippen molar-refractivity contribution in [2.45, 2.75) is 51.0 Å². The number of carbonyl (C=O) groups is 1. The molecule has 2 nitrogen and oxygen atoms in total. The van der Waals surface area contributed by atoms with Crippen LogP contribution in [-0.4, -0.2) is 18.9 Å². The second kappa shape index (κ2) is 4.43. The minimum atomic E-state index is 0.477. The van der Waals surface area contributed by atoms with Gasteiger partial charge < -0.3 is 5.32 Å². The van der Waals surface area contributed by atoms with Gasteiger partial charge in [-0.15, -0.1) is 0 Å². The lowest BCUT2D eigenvalue weighted by atomic mass is 9.71. The molecule has 80 valence electrons. The Balaban J connectivity index is 1.87. The first kappa shape index (κ1) is 10.2. The Hall–Kier alpha value is -0.370. The van der Waals surface area contributed by atoms with E-state index in [1.165, 1.54) is 19.3 Å². The molecule has 2 fully saturated rings. The van der Waals surface area contributed by atoms with Gasteiger partial charge in [-0.1, -0.05) is 6.42 Å². The Morgan fingerprint density at radius 3 is 2.14 bits per heavy atom. The molecule has 0 aromatic carbocycles. The number of Topliss-reactive ketones (excluding diaryl/α,β-unsaturated/α-hetero) is 1. The third-order valence-electron chi connectivity index (χ3n) is 4.09. The maximum atomic E-state index is 11.2. The van der Waals surface area contributed by atoms with E-state index in [-0.39, 0.29) is 0 Å². The van der Waals surface area contributed by atoms with Crippen molar-refractivity contribution in [3.63, 3.8) is 0 Å². The lowest BCUT2D eigenvalue weighted by Crippen LogP contribution is -2.44. The highest BCUT2D eigenvalue weighted by atomic mass is 16.1. The van der Waals surface area contributed by atoms with Gasteiger partial charge in [0.2, 0.25) is 0 Å². The van der Waals surface area contributed by atoms with Gasteiger partial charge in [0.05, 0.1) is 0 Å². The van der Waals surface area contributed by atoms with Crippen molar-refractivity contribution in [3.05, 3.63) is 0 Å². The average molecular weight is 195 g/mol. The standard InChI is InChI=1S/C12H21NO/c1-13-12(9-3-2-4-9)10-5-7-11(14)8-6-10/h9-10,12-13H,2-8H2,1H3. The van der Waals surface area contributed by atoms with E-state index in [0.717, 1.165) is 37.5 Å². The van der Waals surface area contributed by atoms with Crippen LogP contribution < -0.4 is 5.32 Å². The zero-order valence-electron chi connectivity index (χ0n) is 9.09. The zero-order chi connectivity index (χ0) is 9.97. The topological polar surface area (TPSA) is 29.1 Å². The minimum absolute atomic E-state index is 0.477. The number of carbonyl (C=O) groups excluding carboxylic acids is 1. The summed E-state index contributed by atoms with van der Waals surface area (Å²) in [6, 6.07) is 0.692. The fraction of sp³-hybridized carbons (Fsp3) is 0.917. The molecule has 2 rings (SSSR count). The normalized spacial score (nSPS) is 27.4. The largest absolute Gasteiger partial charge is 0.316 e. The van der Waals surface area contributed by atoms with Crippen LogP contribution in [0.2, 0.25) is 0 Å². The number of ketones is 1. The van der Waals surface area contributed by atoms with Crippen LogP contribution in [0.5, 0.6) is 0 Å². The van der Waals surface area contributed by atoms with Crippen molar-refractivity contribution in [1.29, 1.82) is 0 Å². The number of nitrogens with one attached hydrogen (secondary N) is 1. The number of rotatable bonds is 3. The third-order valence-corrected chi connectivity index (χ3v) is 4.09. The fourth-order valence-electron chi connectivity index (χ4n) is 2.98. The van der Waals surface area contributed by atoms with Crippen LogP contribution in [-0.2, 0) is 4.79 Å².